The van der Waals surface area contributed by atoms with Crippen molar-refractivity contribution in [2.45, 2.75) is 25.7 Å². The van der Waals surface area contributed by atoms with Gasteiger partial charge in [0.2, 0.25) is 0 Å². The second kappa shape index (κ2) is 11.1. The first-order valence-electron chi connectivity index (χ1n) is 10.2. The summed E-state index contributed by atoms with van der Waals surface area (Å²) in [6, 6.07) is 15.7. The number of carbonyl (C=O) groups excluding carboxylic acids is 1. The van der Waals surface area contributed by atoms with Crippen LogP contribution in [0.4, 0.5) is 4.39 Å². The van der Waals surface area contributed by atoms with Crippen LogP contribution in [-0.2, 0) is 12.8 Å². The van der Waals surface area contributed by atoms with Crippen LogP contribution in [-0.4, -0.2) is 5.97 Å². The van der Waals surface area contributed by atoms with Crippen molar-refractivity contribution in [3.05, 3.63) is 112 Å². The van der Waals surface area contributed by atoms with E-state index in [1.165, 1.54) is 12.1 Å². The number of allylic oxidation sites excluding steroid dienone is 2. The van der Waals surface area contributed by atoms with E-state index in [0.29, 0.717) is 10.6 Å². The van der Waals surface area contributed by atoms with Gasteiger partial charge in [-0.3, -0.25) is 0 Å². The Balaban J connectivity index is 1.78. The molecule has 5 heteroatoms. The number of carbonyl (C=O) groups is 1. The first kappa shape index (κ1) is 23.8. The minimum atomic E-state index is -0.790. The molecule has 0 spiro atoms. The molecular weight excluding hydrogens is 446 g/mol. The molecule has 0 N–H and O–H groups in total. The van der Waals surface area contributed by atoms with Gasteiger partial charge in [0.15, 0.2) is 11.6 Å². The monoisotopic (exact) mass is 468 g/mol. The van der Waals surface area contributed by atoms with E-state index in [4.69, 9.17) is 27.9 Å². The van der Waals surface area contributed by atoms with Gasteiger partial charge in [0.05, 0.1) is 10.6 Å². The largest absolute Gasteiger partial charge is 0.420 e. The van der Waals surface area contributed by atoms with Gasteiger partial charge in [-0.25, -0.2) is 9.18 Å². The molecule has 0 aliphatic rings. The summed E-state index contributed by atoms with van der Waals surface area (Å²) in [6.45, 7) is 7.41. The summed E-state index contributed by atoms with van der Waals surface area (Å²) < 4.78 is 20.2. The van der Waals surface area contributed by atoms with Crippen molar-refractivity contribution in [2.24, 2.45) is 0 Å². The van der Waals surface area contributed by atoms with Crippen LogP contribution in [0.5, 0.6) is 5.75 Å². The second-order valence-corrected chi connectivity index (χ2v) is 8.07. The number of hydrogen-bond acceptors (Lipinski definition) is 2. The third-order valence-corrected chi connectivity index (χ3v) is 5.78. The topological polar surface area (TPSA) is 26.3 Å². The Bertz CT molecular complexity index is 1140. The van der Waals surface area contributed by atoms with Crippen molar-refractivity contribution < 1.29 is 13.9 Å². The van der Waals surface area contributed by atoms with Gasteiger partial charge < -0.3 is 4.74 Å². The Morgan fingerprint density at radius 3 is 2.28 bits per heavy atom. The normalized spacial score (nSPS) is 10.6. The highest BCUT2D eigenvalue weighted by atomic mass is 35.5. The van der Waals surface area contributed by atoms with E-state index in [1.54, 1.807) is 24.3 Å². The van der Waals surface area contributed by atoms with Gasteiger partial charge in [-0.05, 0) is 66.6 Å². The molecule has 0 fully saturated rings. The van der Waals surface area contributed by atoms with E-state index < -0.39 is 11.8 Å². The number of esters is 1. The SMILES string of the molecule is C=CCCc1ccc(-c2ccc(OC(=O)c3ccc(CCC=C)c(Cl)c3)c(F)c2Cl)cc1. The summed E-state index contributed by atoms with van der Waals surface area (Å²) in [4.78, 5) is 12.5. The van der Waals surface area contributed by atoms with Crippen molar-refractivity contribution >= 4 is 29.2 Å². The van der Waals surface area contributed by atoms with E-state index in [2.05, 4.69) is 13.2 Å². The first-order valence-corrected chi connectivity index (χ1v) is 11.0. The average Bonchev–Trinajstić information content (AvgIpc) is 2.80. The maximum atomic E-state index is 14.9. The van der Waals surface area contributed by atoms with Gasteiger partial charge in [-0.15, -0.1) is 13.2 Å². The number of benzene rings is 3. The maximum Gasteiger partial charge on any atom is 0.343 e. The van der Waals surface area contributed by atoms with E-state index in [1.807, 2.05) is 30.3 Å². The van der Waals surface area contributed by atoms with Crippen LogP contribution in [0.3, 0.4) is 0 Å². The molecule has 0 aliphatic heterocycles. The van der Waals surface area contributed by atoms with Crippen molar-refractivity contribution in [2.75, 3.05) is 0 Å². The standard InChI is InChI=1S/C27H23Cl2FO2/c1-3-5-7-18-9-11-19(12-10-18)22-15-16-24(26(30)25(22)29)32-27(31)21-14-13-20(8-6-4-2)23(28)17-21/h3-4,9-17H,1-2,5-8H2. The zero-order chi connectivity index (χ0) is 23.1. The number of aryl methyl sites for hydroxylation is 2. The minimum absolute atomic E-state index is 0.105. The molecule has 32 heavy (non-hydrogen) atoms. The molecule has 0 heterocycles. The molecule has 0 bridgehead atoms. The van der Waals surface area contributed by atoms with E-state index in [0.717, 1.165) is 42.4 Å². The molecule has 0 amide bonds. The zero-order valence-corrected chi connectivity index (χ0v) is 19.1. The second-order valence-electron chi connectivity index (χ2n) is 7.29. The van der Waals surface area contributed by atoms with Crippen LogP contribution < -0.4 is 4.74 Å². The summed E-state index contributed by atoms with van der Waals surface area (Å²) in [6.07, 6.45) is 6.94. The number of hydrogen-bond donors (Lipinski definition) is 0. The van der Waals surface area contributed by atoms with Gasteiger partial charge >= 0.3 is 5.97 Å². The Morgan fingerprint density at radius 2 is 1.62 bits per heavy atom. The average molecular weight is 469 g/mol. The number of ether oxygens (including phenoxy) is 1. The van der Waals surface area contributed by atoms with E-state index in [9.17, 15) is 9.18 Å². The highest BCUT2D eigenvalue weighted by Gasteiger charge is 2.18. The lowest BCUT2D eigenvalue weighted by atomic mass is 10.0. The van der Waals surface area contributed by atoms with Crippen LogP contribution in [0.25, 0.3) is 11.1 Å². The van der Waals surface area contributed by atoms with Gasteiger partial charge in [-0.2, -0.15) is 0 Å². The molecule has 164 valence electrons. The Labute approximate surface area is 197 Å². The van der Waals surface area contributed by atoms with Gasteiger partial charge in [0.25, 0.3) is 0 Å². The molecule has 3 aromatic carbocycles. The molecule has 0 atom stereocenters. The Kier molecular flexibility index (Phi) is 8.26. The molecule has 0 saturated heterocycles. The third-order valence-electron chi connectivity index (χ3n) is 5.06. The van der Waals surface area contributed by atoms with Crippen LogP contribution >= 0.6 is 23.2 Å². The van der Waals surface area contributed by atoms with E-state index >= 15 is 0 Å². The quantitative estimate of drug-likeness (QED) is 0.179. The van der Waals surface area contributed by atoms with Gasteiger partial charge in [0.1, 0.15) is 0 Å². The summed E-state index contributed by atoms with van der Waals surface area (Å²) in [7, 11) is 0. The predicted molar refractivity (Wildman–Crippen MR) is 130 cm³/mol. The van der Waals surface area contributed by atoms with Crippen molar-refractivity contribution in [3.63, 3.8) is 0 Å². The van der Waals surface area contributed by atoms with Gasteiger partial charge in [0, 0.05) is 10.6 Å². The zero-order valence-electron chi connectivity index (χ0n) is 17.5. The Hall–Kier alpha value is -2.88. The third kappa shape index (κ3) is 5.67. The van der Waals surface area contributed by atoms with Crippen LogP contribution in [0.1, 0.15) is 34.3 Å². The lowest BCUT2D eigenvalue weighted by Gasteiger charge is -2.11. The molecular formula is C27H23Cl2FO2. The van der Waals surface area contributed by atoms with Crippen LogP contribution in [0.2, 0.25) is 10.0 Å². The van der Waals surface area contributed by atoms with Crippen molar-refractivity contribution in [3.8, 4) is 16.9 Å². The fourth-order valence-electron chi connectivity index (χ4n) is 3.25. The summed E-state index contributed by atoms with van der Waals surface area (Å²) in [5, 5.41) is 0.346. The summed E-state index contributed by atoms with van der Waals surface area (Å²) in [5.74, 6) is -1.74. The molecule has 0 saturated carbocycles. The number of halogens is 3. The lowest BCUT2D eigenvalue weighted by molar-refractivity contribution is 0.0728. The fraction of sp³-hybridized carbons (Fsp3) is 0.148. The van der Waals surface area contributed by atoms with Gasteiger partial charge in [-0.1, -0.05) is 65.7 Å². The highest BCUT2D eigenvalue weighted by Crippen LogP contribution is 2.35. The lowest BCUT2D eigenvalue weighted by Crippen LogP contribution is -2.10. The summed E-state index contributed by atoms with van der Waals surface area (Å²) in [5.41, 5.74) is 3.58. The molecule has 3 aromatic rings. The Morgan fingerprint density at radius 1 is 0.938 bits per heavy atom. The molecule has 0 aromatic heterocycles. The molecule has 0 unspecified atom stereocenters. The maximum absolute atomic E-state index is 14.9. The van der Waals surface area contributed by atoms with Crippen molar-refractivity contribution in [1.29, 1.82) is 0 Å². The highest BCUT2D eigenvalue weighted by molar-refractivity contribution is 6.33. The summed E-state index contributed by atoms with van der Waals surface area (Å²) >= 11 is 12.5. The smallest absolute Gasteiger partial charge is 0.343 e. The fourth-order valence-corrected chi connectivity index (χ4v) is 3.79. The van der Waals surface area contributed by atoms with E-state index in [-0.39, 0.29) is 16.3 Å². The number of rotatable bonds is 9. The molecule has 3 rings (SSSR count). The van der Waals surface area contributed by atoms with Crippen LogP contribution in [0, 0.1) is 5.82 Å². The molecule has 0 radical (unpaired) electrons. The predicted octanol–water partition coefficient (Wildman–Crippen LogP) is 8.26. The van der Waals surface area contributed by atoms with Crippen molar-refractivity contribution in [1.82, 2.24) is 0 Å². The van der Waals surface area contributed by atoms with Crippen LogP contribution in [0.15, 0.2) is 79.9 Å². The molecule has 0 aliphatic carbocycles. The first-order chi connectivity index (χ1) is 15.4. The minimum Gasteiger partial charge on any atom is -0.420 e. The molecule has 2 nitrogen and oxygen atoms in total.